The van der Waals surface area contributed by atoms with Crippen LogP contribution < -0.4 is 21.3 Å². The normalized spacial score (nSPS) is 14.0. The summed E-state index contributed by atoms with van der Waals surface area (Å²) in [4.78, 5) is 29.2. The van der Waals surface area contributed by atoms with Crippen LogP contribution in [0.25, 0.3) is 0 Å². The number of nitrogen functional groups attached to an aromatic ring is 1. The first kappa shape index (κ1) is 22.0. The summed E-state index contributed by atoms with van der Waals surface area (Å²) in [6.45, 7) is 5.67. The number of nitrogens with two attached hydrogens (primary N) is 1. The lowest BCUT2D eigenvalue weighted by molar-refractivity contribution is -0.121. The lowest BCUT2D eigenvalue weighted by Gasteiger charge is -2.15. The molecule has 2 aromatic rings. The number of nitrogens with zero attached hydrogens (tertiary/aromatic N) is 2. The van der Waals surface area contributed by atoms with Gasteiger partial charge in [-0.3, -0.25) is 14.6 Å². The minimum absolute atomic E-state index is 0.247. The van der Waals surface area contributed by atoms with Crippen molar-refractivity contribution >= 4 is 21.6 Å². The SMILES string of the molecule is Cc1ccc(CNC(=O)Cn2c(C)cc(S(=O)(=O)NCC3CC3)c(N)c2=O)c(C)n1. The molecule has 2 heterocycles. The third-order valence-corrected chi connectivity index (χ3v) is 6.63. The molecule has 0 unspecified atom stereocenters. The number of rotatable bonds is 8. The summed E-state index contributed by atoms with van der Waals surface area (Å²) in [5.74, 6) is -0.0411. The smallest absolute Gasteiger partial charge is 0.275 e. The van der Waals surface area contributed by atoms with Gasteiger partial charge in [0.1, 0.15) is 17.1 Å². The molecule has 162 valence electrons. The number of anilines is 1. The van der Waals surface area contributed by atoms with Gasteiger partial charge in [0.2, 0.25) is 15.9 Å². The molecule has 4 N–H and O–H groups in total. The maximum atomic E-state index is 12.7. The van der Waals surface area contributed by atoms with Gasteiger partial charge in [0.25, 0.3) is 5.56 Å². The number of aromatic nitrogens is 2. The van der Waals surface area contributed by atoms with Gasteiger partial charge in [-0.2, -0.15) is 0 Å². The molecule has 10 heteroatoms. The fraction of sp³-hybridized carbons (Fsp3) is 0.450. The van der Waals surface area contributed by atoms with Crippen LogP contribution in [0.4, 0.5) is 5.69 Å². The van der Waals surface area contributed by atoms with Crippen molar-refractivity contribution in [2.24, 2.45) is 5.92 Å². The Kier molecular flexibility index (Phi) is 6.27. The van der Waals surface area contributed by atoms with Crippen molar-refractivity contribution in [1.82, 2.24) is 19.6 Å². The van der Waals surface area contributed by atoms with E-state index in [2.05, 4.69) is 15.0 Å². The van der Waals surface area contributed by atoms with Gasteiger partial charge < -0.3 is 15.6 Å². The molecule has 1 aliphatic carbocycles. The second kappa shape index (κ2) is 8.57. The Morgan fingerprint density at radius 2 is 1.97 bits per heavy atom. The molecule has 1 saturated carbocycles. The van der Waals surface area contributed by atoms with E-state index < -0.39 is 21.3 Å². The van der Waals surface area contributed by atoms with Crippen molar-refractivity contribution in [2.45, 2.75) is 51.6 Å². The second-order valence-electron chi connectivity index (χ2n) is 7.72. The number of carbonyl (C=O) groups excluding carboxylic acids is 1. The first-order valence-corrected chi connectivity index (χ1v) is 11.3. The van der Waals surface area contributed by atoms with Crippen LogP contribution in [-0.2, 0) is 27.9 Å². The Bertz CT molecular complexity index is 1140. The molecular weight excluding hydrogens is 406 g/mol. The van der Waals surface area contributed by atoms with E-state index in [1.165, 1.54) is 10.6 Å². The van der Waals surface area contributed by atoms with Crippen LogP contribution in [0.1, 0.15) is 35.5 Å². The fourth-order valence-electron chi connectivity index (χ4n) is 3.10. The summed E-state index contributed by atoms with van der Waals surface area (Å²) in [6.07, 6.45) is 1.98. The summed E-state index contributed by atoms with van der Waals surface area (Å²) in [5, 5.41) is 2.76. The van der Waals surface area contributed by atoms with E-state index >= 15 is 0 Å². The van der Waals surface area contributed by atoms with E-state index in [4.69, 9.17) is 5.73 Å². The van der Waals surface area contributed by atoms with Crippen LogP contribution in [0.3, 0.4) is 0 Å². The standard InChI is InChI=1S/C20H27N5O4S/c1-12-4-7-16(14(3)24-12)10-22-18(26)11-25-13(2)8-17(19(21)20(25)27)30(28,29)23-9-15-5-6-15/h4,7-8,15,23H,5-6,9-11,21H2,1-3H3,(H,22,26). The van der Waals surface area contributed by atoms with E-state index in [9.17, 15) is 18.0 Å². The Hall–Kier alpha value is -2.72. The Labute approximate surface area is 175 Å². The number of carbonyl (C=O) groups is 1. The highest BCUT2D eigenvalue weighted by Gasteiger charge is 2.27. The van der Waals surface area contributed by atoms with Gasteiger partial charge in [0, 0.05) is 30.2 Å². The van der Waals surface area contributed by atoms with Crippen LogP contribution in [0.2, 0.25) is 0 Å². The van der Waals surface area contributed by atoms with Crippen molar-refractivity contribution in [3.63, 3.8) is 0 Å². The van der Waals surface area contributed by atoms with E-state index in [0.717, 1.165) is 29.8 Å². The zero-order chi connectivity index (χ0) is 22.1. The first-order valence-electron chi connectivity index (χ1n) is 9.78. The van der Waals surface area contributed by atoms with Gasteiger partial charge in [0.05, 0.1) is 0 Å². The molecule has 9 nitrogen and oxygen atoms in total. The van der Waals surface area contributed by atoms with E-state index in [1.807, 2.05) is 26.0 Å². The van der Waals surface area contributed by atoms with Crippen molar-refractivity contribution in [3.05, 3.63) is 51.2 Å². The molecule has 0 atom stereocenters. The minimum Gasteiger partial charge on any atom is -0.393 e. The molecule has 0 radical (unpaired) electrons. The zero-order valence-electron chi connectivity index (χ0n) is 17.4. The maximum absolute atomic E-state index is 12.7. The molecule has 1 fully saturated rings. The Balaban J connectivity index is 1.73. The predicted octanol–water partition coefficient (Wildman–Crippen LogP) is 0.755. The summed E-state index contributed by atoms with van der Waals surface area (Å²) in [6, 6.07) is 5.08. The topological polar surface area (TPSA) is 136 Å². The molecule has 1 aliphatic rings. The number of hydrogen-bond donors (Lipinski definition) is 3. The lowest BCUT2D eigenvalue weighted by Crippen LogP contribution is -2.36. The van der Waals surface area contributed by atoms with Gasteiger partial charge >= 0.3 is 0 Å². The van der Waals surface area contributed by atoms with Gasteiger partial charge in [-0.1, -0.05) is 6.07 Å². The molecular formula is C20H27N5O4S. The largest absolute Gasteiger partial charge is 0.393 e. The highest BCUT2D eigenvalue weighted by molar-refractivity contribution is 7.89. The summed E-state index contributed by atoms with van der Waals surface area (Å²) in [7, 11) is -3.89. The number of amides is 1. The average molecular weight is 434 g/mol. The quantitative estimate of drug-likeness (QED) is 0.562. The van der Waals surface area contributed by atoms with E-state index in [0.29, 0.717) is 18.2 Å². The number of hydrogen-bond acceptors (Lipinski definition) is 6. The van der Waals surface area contributed by atoms with Crippen molar-refractivity contribution in [3.8, 4) is 0 Å². The molecule has 30 heavy (non-hydrogen) atoms. The van der Waals surface area contributed by atoms with Crippen molar-refractivity contribution in [1.29, 1.82) is 0 Å². The van der Waals surface area contributed by atoms with Crippen LogP contribution in [0, 0.1) is 26.7 Å². The lowest BCUT2D eigenvalue weighted by atomic mass is 10.2. The molecule has 2 aromatic heterocycles. The molecule has 0 spiro atoms. The molecule has 3 rings (SSSR count). The van der Waals surface area contributed by atoms with E-state index in [-0.39, 0.29) is 23.9 Å². The minimum atomic E-state index is -3.89. The Morgan fingerprint density at radius 1 is 1.27 bits per heavy atom. The van der Waals surface area contributed by atoms with Crippen LogP contribution in [0.5, 0.6) is 0 Å². The number of aryl methyl sites for hydroxylation is 3. The highest BCUT2D eigenvalue weighted by Crippen LogP contribution is 2.28. The first-order chi connectivity index (χ1) is 14.1. The molecule has 0 aliphatic heterocycles. The molecule has 0 saturated heterocycles. The van der Waals surface area contributed by atoms with Gasteiger partial charge in [0.15, 0.2) is 0 Å². The maximum Gasteiger partial charge on any atom is 0.275 e. The highest BCUT2D eigenvalue weighted by atomic mass is 32.2. The van der Waals surface area contributed by atoms with E-state index in [1.54, 1.807) is 6.92 Å². The molecule has 1 amide bonds. The summed E-state index contributed by atoms with van der Waals surface area (Å²) >= 11 is 0. The van der Waals surface area contributed by atoms with Gasteiger partial charge in [-0.05, 0) is 57.2 Å². The number of nitrogens with one attached hydrogen (secondary N) is 2. The van der Waals surface area contributed by atoms with Gasteiger partial charge in [-0.25, -0.2) is 13.1 Å². The van der Waals surface area contributed by atoms with Crippen LogP contribution in [0.15, 0.2) is 27.9 Å². The zero-order valence-corrected chi connectivity index (χ0v) is 18.2. The molecule has 0 aromatic carbocycles. The van der Waals surface area contributed by atoms with Crippen LogP contribution >= 0.6 is 0 Å². The third-order valence-electron chi connectivity index (χ3n) is 5.17. The van der Waals surface area contributed by atoms with Gasteiger partial charge in [-0.15, -0.1) is 0 Å². The predicted molar refractivity (Wildman–Crippen MR) is 113 cm³/mol. The second-order valence-corrected chi connectivity index (χ2v) is 9.46. The monoisotopic (exact) mass is 433 g/mol. The van der Waals surface area contributed by atoms with Crippen molar-refractivity contribution in [2.75, 3.05) is 12.3 Å². The van der Waals surface area contributed by atoms with Crippen LogP contribution in [-0.4, -0.2) is 30.4 Å². The summed E-state index contributed by atoms with van der Waals surface area (Å²) in [5.41, 5.74) is 7.67. The summed E-state index contributed by atoms with van der Waals surface area (Å²) < 4.78 is 28.7. The average Bonchev–Trinajstić information content (AvgIpc) is 3.50. The van der Waals surface area contributed by atoms with Crippen molar-refractivity contribution < 1.29 is 13.2 Å². The third kappa shape index (κ3) is 5.06. The fourth-order valence-corrected chi connectivity index (χ4v) is 4.41. The Morgan fingerprint density at radius 3 is 2.60 bits per heavy atom. The molecule has 0 bridgehead atoms. The number of pyridine rings is 2. The number of sulfonamides is 1.